The Labute approximate surface area is 162 Å². The van der Waals surface area contributed by atoms with Crippen molar-refractivity contribution in [3.05, 3.63) is 23.3 Å². The Morgan fingerprint density at radius 1 is 1.22 bits per heavy atom. The minimum Gasteiger partial charge on any atom is -0.462 e. The lowest BCUT2D eigenvalue weighted by Crippen LogP contribution is -2.49. The highest BCUT2D eigenvalue weighted by molar-refractivity contribution is 5.72. The van der Waals surface area contributed by atoms with Crippen molar-refractivity contribution in [1.82, 2.24) is 0 Å². The van der Waals surface area contributed by atoms with E-state index < -0.39 is 0 Å². The second-order valence-corrected chi connectivity index (χ2v) is 9.68. The van der Waals surface area contributed by atoms with Crippen LogP contribution in [0, 0.1) is 28.6 Å². The van der Waals surface area contributed by atoms with Gasteiger partial charge in [0, 0.05) is 13.3 Å². The van der Waals surface area contributed by atoms with Crippen LogP contribution >= 0.6 is 0 Å². The van der Waals surface area contributed by atoms with Crippen LogP contribution in [0.4, 0.5) is 0 Å². The van der Waals surface area contributed by atoms with E-state index in [2.05, 4.69) is 31.2 Å². The van der Waals surface area contributed by atoms with Crippen molar-refractivity contribution in [2.45, 2.75) is 78.2 Å². The highest BCUT2D eigenvalue weighted by Gasteiger charge is 2.57. The van der Waals surface area contributed by atoms with Gasteiger partial charge in [-0.1, -0.05) is 36.2 Å². The van der Waals surface area contributed by atoms with Crippen LogP contribution in [0.5, 0.6) is 0 Å². The SMILES string of the molecule is CC(=O)O[C@H]1CC[C@@]2(C)C(=CC[C@@H]3[C@@H]2CC[C@]2(C)/C(=C/C=N\O)CC[C@@H]32)C1. The van der Waals surface area contributed by atoms with Crippen LogP contribution in [0.2, 0.25) is 0 Å². The molecule has 4 heteroatoms. The molecule has 0 spiro atoms. The molecule has 4 aliphatic carbocycles. The predicted octanol–water partition coefficient (Wildman–Crippen LogP) is 5.27. The maximum Gasteiger partial charge on any atom is 0.302 e. The quantitative estimate of drug-likeness (QED) is 0.237. The second-order valence-electron chi connectivity index (χ2n) is 9.68. The third-order valence-corrected chi connectivity index (χ3v) is 8.58. The lowest BCUT2D eigenvalue weighted by molar-refractivity contribution is -0.148. The number of fused-ring (bicyclic) bond motifs is 5. The molecule has 0 amide bonds. The summed E-state index contributed by atoms with van der Waals surface area (Å²) in [5, 5.41) is 12.0. The minimum absolute atomic E-state index is 0.0750. The molecule has 0 heterocycles. The fourth-order valence-corrected chi connectivity index (χ4v) is 7.21. The van der Waals surface area contributed by atoms with E-state index in [1.165, 1.54) is 38.2 Å². The van der Waals surface area contributed by atoms with Crippen LogP contribution in [0.3, 0.4) is 0 Å². The van der Waals surface area contributed by atoms with Crippen LogP contribution in [-0.2, 0) is 9.53 Å². The standard InChI is InChI=1S/C23H33NO3/c1-15(25)27-18-8-11-23(3)17(14-18)4-6-19-20-7-5-16(10-13-24-26)22(20,2)12-9-21(19)23/h4,10,13,18-21,26H,5-9,11-12,14H2,1-3H3/b16-10+,24-13-/t18-,19-,20-,21-,22+,23-/m0/s1. The topological polar surface area (TPSA) is 58.9 Å². The summed E-state index contributed by atoms with van der Waals surface area (Å²) in [6.45, 7) is 6.44. The molecule has 4 nitrogen and oxygen atoms in total. The van der Waals surface area contributed by atoms with Crippen molar-refractivity contribution in [2.75, 3.05) is 0 Å². The average molecular weight is 372 g/mol. The maximum absolute atomic E-state index is 11.4. The van der Waals surface area contributed by atoms with Gasteiger partial charge in [-0.2, -0.15) is 0 Å². The lowest BCUT2D eigenvalue weighted by Gasteiger charge is -2.57. The van der Waals surface area contributed by atoms with Gasteiger partial charge in [-0.05, 0) is 79.6 Å². The average Bonchev–Trinajstić information content (AvgIpc) is 2.96. The first-order chi connectivity index (χ1) is 12.9. The summed E-state index contributed by atoms with van der Waals surface area (Å²) in [5.74, 6) is 2.08. The zero-order valence-electron chi connectivity index (χ0n) is 16.9. The van der Waals surface area contributed by atoms with E-state index in [-0.39, 0.29) is 22.9 Å². The summed E-state index contributed by atoms with van der Waals surface area (Å²) >= 11 is 0. The van der Waals surface area contributed by atoms with Gasteiger partial charge >= 0.3 is 5.97 Å². The Bertz CT molecular complexity index is 708. The summed E-state index contributed by atoms with van der Waals surface area (Å²) < 4.78 is 5.54. The normalized spacial score (nSPS) is 45.1. The van der Waals surface area contributed by atoms with E-state index in [1.54, 1.807) is 11.8 Å². The van der Waals surface area contributed by atoms with Crippen LogP contribution < -0.4 is 0 Å². The molecule has 0 bridgehead atoms. The van der Waals surface area contributed by atoms with Gasteiger partial charge in [-0.15, -0.1) is 0 Å². The number of hydrogen-bond donors (Lipinski definition) is 1. The van der Waals surface area contributed by atoms with E-state index in [9.17, 15) is 4.79 Å². The Kier molecular flexibility index (Phi) is 4.72. The van der Waals surface area contributed by atoms with Crippen LogP contribution in [-0.4, -0.2) is 23.5 Å². The van der Waals surface area contributed by atoms with Crippen LogP contribution in [0.1, 0.15) is 72.1 Å². The molecule has 0 radical (unpaired) electrons. The van der Waals surface area contributed by atoms with Gasteiger partial charge in [0.25, 0.3) is 0 Å². The molecule has 0 unspecified atom stereocenters. The van der Waals surface area contributed by atoms with Crippen molar-refractivity contribution in [2.24, 2.45) is 33.7 Å². The number of hydrogen-bond acceptors (Lipinski definition) is 4. The number of nitrogens with zero attached hydrogens (tertiary/aromatic N) is 1. The number of allylic oxidation sites excluding steroid dienone is 3. The smallest absolute Gasteiger partial charge is 0.302 e. The van der Waals surface area contributed by atoms with Gasteiger partial charge < -0.3 is 9.94 Å². The Morgan fingerprint density at radius 3 is 2.70 bits per heavy atom. The summed E-state index contributed by atoms with van der Waals surface area (Å²) in [4.78, 5) is 11.4. The number of ether oxygens (including phenoxy) is 1. The van der Waals surface area contributed by atoms with Crippen LogP contribution in [0.15, 0.2) is 28.5 Å². The first-order valence-corrected chi connectivity index (χ1v) is 10.6. The molecule has 27 heavy (non-hydrogen) atoms. The molecule has 6 atom stereocenters. The van der Waals surface area contributed by atoms with Gasteiger partial charge in [-0.3, -0.25) is 4.79 Å². The van der Waals surface area contributed by atoms with Crippen molar-refractivity contribution in [1.29, 1.82) is 0 Å². The molecule has 4 rings (SSSR count). The number of esters is 1. The number of oxime groups is 1. The Morgan fingerprint density at radius 2 is 1.96 bits per heavy atom. The van der Waals surface area contributed by atoms with E-state index in [0.29, 0.717) is 0 Å². The van der Waals surface area contributed by atoms with Gasteiger partial charge in [-0.25, -0.2) is 0 Å². The third-order valence-electron chi connectivity index (χ3n) is 8.58. The van der Waals surface area contributed by atoms with Gasteiger partial charge in [0.15, 0.2) is 0 Å². The van der Waals surface area contributed by atoms with E-state index in [4.69, 9.17) is 9.94 Å². The lowest BCUT2D eigenvalue weighted by atomic mass is 9.48. The molecule has 1 N–H and O–H groups in total. The summed E-state index contributed by atoms with van der Waals surface area (Å²) in [6, 6.07) is 0. The molecule has 0 saturated heterocycles. The molecule has 0 aromatic heterocycles. The first-order valence-electron chi connectivity index (χ1n) is 10.6. The highest BCUT2D eigenvalue weighted by atomic mass is 16.5. The highest BCUT2D eigenvalue weighted by Crippen LogP contribution is 2.66. The van der Waals surface area contributed by atoms with E-state index in [0.717, 1.165) is 43.4 Å². The number of carbonyl (C=O) groups is 1. The first kappa shape index (κ1) is 18.8. The minimum atomic E-state index is -0.150. The predicted molar refractivity (Wildman–Crippen MR) is 106 cm³/mol. The third kappa shape index (κ3) is 2.96. The van der Waals surface area contributed by atoms with Crippen LogP contribution in [0.25, 0.3) is 0 Å². The molecule has 148 valence electrons. The number of rotatable bonds is 2. The molecule has 3 fully saturated rings. The molecule has 0 aromatic rings. The summed E-state index contributed by atoms with van der Waals surface area (Å²) in [5.41, 5.74) is 3.56. The monoisotopic (exact) mass is 371 g/mol. The Hall–Kier alpha value is -1.58. The number of carbonyl (C=O) groups excluding carboxylic acids is 1. The molecule has 3 saturated carbocycles. The largest absolute Gasteiger partial charge is 0.462 e. The Balaban J connectivity index is 1.58. The van der Waals surface area contributed by atoms with Gasteiger partial charge in [0.05, 0.1) is 6.21 Å². The zero-order chi connectivity index (χ0) is 19.2. The zero-order valence-corrected chi connectivity index (χ0v) is 16.9. The molecule has 0 aromatic carbocycles. The van der Waals surface area contributed by atoms with Gasteiger partial charge in [0.1, 0.15) is 6.10 Å². The van der Waals surface area contributed by atoms with E-state index in [1.807, 2.05) is 0 Å². The maximum atomic E-state index is 11.4. The molecular weight excluding hydrogens is 338 g/mol. The van der Waals surface area contributed by atoms with Crippen molar-refractivity contribution in [3.8, 4) is 0 Å². The second kappa shape index (κ2) is 6.79. The fourth-order valence-electron chi connectivity index (χ4n) is 7.21. The molecular formula is C23H33NO3. The van der Waals surface area contributed by atoms with Gasteiger partial charge in [0.2, 0.25) is 0 Å². The molecule has 4 aliphatic rings. The van der Waals surface area contributed by atoms with E-state index >= 15 is 0 Å². The fraction of sp³-hybridized carbons (Fsp3) is 0.739. The van der Waals surface area contributed by atoms with Crippen molar-refractivity contribution < 1.29 is 14.7 Å². The molecule has 0 aliphatic heterocycles. The van der Waals surface area contributed by atoms with Crippen molar-refractivity contribution in [3.63, 3.8) is 0 Å². The summed E-state index contributed by atoms with van der Waals surface area (Å²) in [6.07, 6.45) is 15.3. The summed E-state index contributed by atoms with van der Waals surface area (Å²) in [7, 11) is 0. The van der Waals surface area contributed by atoms with Crippen molar-refractivity contribution >= 4 is 12.2 Å².